The summed E-state index contributed by atoms with van der Waals surface area (Å²) in [6.45, 7) is -0.313. The van der Waals surface area contributed by atoms with Crippen LogP contribution in [0.3, 0.4) is 0 Å². The van der Waals surface area contributed by atoms with E-state index in [9.17, 15) is 0 Å². The molecule has 0 fully saturated rings. The molecule has 0 atom stereocenters. The molecule has 2 nitrogen and oxygen atoms in total. The average Bonchev–Trinajstić information content (AvgIpc) is 3.61. The first-order chi connectivity index (χ1) is 39.4. The van der Waals surface area contributed by atoms with Crippen molar-refractivity contribution in [2.24, 2.45) is 0 Å². The van der Waals surface area contributed by atoms with E-state index in [0.717, 1.165) is 0 Å². The molecule has 16 rings (SSSR count). The van der Waals surface area contributed by atoms with Crippen LogP contribution in [0.5, 0.6) is 0 Å². The van der Waals surface area contributed by atoms with Gasteiger partial charge >= 0.3 is 0 Å². The van der Waals surface area contributed by atoms with Gasteiger partial charge in [-0.05, 0) is 120 Å². The summed E-state index contributed by atoms with van der Waals surface area (Å²) < 4.78 is 0. The Morgan fingerprint density at radius 2 is 0.412 bits per heavy atom. The Hall–Kier alpha value is -9.63. The van der Waals surface area contributed by atoms with E-state index in [0.29, 0.717) is 0 Å². The summed E-state index contributed by atoms with van der Waals surface area (Å²) in [6, 6.07) is 97.2. The molecule has 0 aromatic heterocycles. The van der Waals surface area contributed by atoms with Gasteiger partial charge in [-0.3, -0.25) is 0 Å². The predicted molar refractivity (Wildman–Crippen MR) is 354 cm³/mol. The molecule has 0 aliphatic carbocycles. The number of benzene rings is 16. The topological polar surface area (TPSA) is 6.48 Å². The van der Waals surface area contributed by atoms with Crippen LogP contribution in [0.4, 0.5) is 11.4 Å². The zero-order valence-corrected chi connectivity index (χ0v) is 45.3. The number of nitrogens with zero attached hydrogens (tertiary/aromatic N) is 2. The summed E-state index contributed by atoms with van der Waals surface area (Å²) in [5, 5.41) is 27.9. The Balaban J connectivity index is 1.08. The normalized spacial score (nSPS) is 12.0. The molecule has 0 aliphatic rings. The summed E-state index contributed by atoms with van der Waals surface area (Å²) in [7, 11) is 8.91. The van der Waals surface area contributed by atoms with Crippen LogP contribution >= 0.6 is 0 Å². The molecule has 0 N–H and O–H groups in total. The van der Waals surface area contributed by atoms with Gasteiger partial charge in [0.1, 0.15) is 0 Å². The van der Waals surface area contributed by atoms with E-state index in [1.807, 2.05) is 0 Å². The fourth-order valence-electron chi connectivity index (χ4n) is 14.5. The zero-order valence-electron chi connectivity index (χ0n) is 45.3. The molecule has 80 heavy (non-hydrogen) atoms. The number of fused-ring (bicyclic) bond motifs is 12. The van der Waals surface area contributed by atoms with Crippen LogP contribution in [0.2, 0.25) is 0 Å². The SMILES string of the molecule is CN(C)c1cc(B(c2cc3ccccc3c3ccccc23)c2cc3ccccc3c3ccccc23)c2ccc3c(N(C)C)cc(B(c4cc5ccccc5c5ccccc45)c4cc5ccccc5c5ccccc45)c4ccc1c2c43. The highest BCUT2D eigenvalue weighted by Crippen LogP contribution is 2.42. The fourth-order valence-corrected chi connectivity index (χ4v) is 14.5. The van der Waals surface area contributed by atoms with E-state index in [2.05, 4.69) is 293 Å². The molecular weight excluding hydrogens is 962 g/mol. The van der Waals surface area contributed by atoms with Crippen molar-refractivity contribution in [3.05, 3.63) is 255 Å². The van der Waals surface area contributed by atoms with Crippen molar-refractivity contribution in [2.75, 3.05) is 38.0 Å². The number of rotatable bonds is 8. The molecule has 0 unspecified atom stereocenters. The van der Waals surface area contributed by atoms with Crippen LogP contribution in [0.25, 0.3) is 118 Å². The molecule has 0 amide bonds. The second-order valence-corrected chi connectivity index (χ2v) is 22.6. The standard InChI is InChI=1S/C76H54B2N2/c1-79(2)73-45-71(77(67-41-47-21-5-9-25-51(47)55-29-13-17-33-59(55)67)68-42-48-22-6-10-26-52(48)56-30-14-18-34-60(56)68)63-38-40-66-74(80(3)4)46-72(64-37-39-65(73)75(63)76(64)66)78(69-43-49-23-7-11-27-53(49)57-31-15-19-35-61(57)69)70-44-50-24-8-12-28-54(50)58-32-16-20-36-62(58)70/h5-46H,1-4H3. The van der Waals surface area contributed by atoms with Gasteiger partial charge in [-0.15, -0.1) is 0 Å². The first-order valence-corrected chi connectivity index (χ1v) is 28.1. The lowest BCUT2D eigenvalue weighted by molar-refractivity contribution is 1.14. The summed E-state index contributed by atoms with van der Waals surface area (Å²) in [5.74, 6) is 0. The van der Waals surface area contributed by atoms with Gasteiger partial charge in [0.25, 0.3) is 0 Å². The highest BCUT2D eigenvalue weighted by Gasteiger charge is 2.34. The van der Waals surface area contributed by atoms with Crippen molar-refractivity contribution in [2.45, 2.75) is 0 Å². The lowest BCUT2D eigenvalue weighted by Crippen LogP contribution is -2.53. The van der Waals surface area contributed by atoms with Gasteiger partial charge in [-0.25, -0.2) is 0 Å². The van der Waals surface area contributed by atoms with Gasteiger partial charge in [0.15, 0.2) is 0 Å². The average molecular weight is 1020 g/mol. The molecular formula is C76H54B2N2. The van der Waals surface area contributed by atoms with Crippen LogP contribution in [-0.4, -0.2) is 41.6 Å². The molecule has 16 aromatic rings. The van der Waals surface area contributed by atoms with Crippen molar-refractivity contribution in [1.29, 1.82) is 0 Å². The van der Waals surface area contributed by atoms with Crippen LogP contribution in [0.15, 0.2) is 255 Å². The Labute approximate surface area is 466 Å². The van der Waals surface area contributed by atoms with Crippen LogP contribution < -0.4 is 42.6 Å². The molecule has 0 heterocycles. The first kappa shape index (κ1) is 46.5. The second kappa shape index (κ2) is 18.0. The quantitative estimate of drug-likeness (QED) is 0.111. The smallest absolute Gasteiger partial charge is 0.243 e. The molecule has 16 aromatic carbocycles. The summed E-state index contributed by atoms with van der Waals surface area (Å²) in [6.07, 6.45) is 0. The van der Waals surface area contributed by atoms with Crippen LogP contribution in [0, 0.1) is 0 Å². The molecule has 0 aliphatic heterocycles. The van der Waals surface area contributed by atoms with Gasteiger partial charge in [0, 0.05) is 50.3 Å². The highest BCUT2D eigenvalue weighted by molar-refractivity contribution is 7.01. The molecule has 0 radical (unpaired) electrons. The van der Waals surface area contributed by atoms with Gasteiger partial charge < -0.3 is 9.80 Å². The number of anilines is 2. The maximum absolute atomic E-state index is 2.54. The third-order valence-electron chi connectivity index (χ3n) is 17.9. The van der Waals surface area contributed by atoms with Crippen molar-refractivity contribution >= 4 is 176 Å². The molecule has 374 valence electrons. The summed E-state index contributed by atoms with van der Waals surface area (Å²) >= 11 is 0. The molecule has 4 heteroatoms. The number of hydrogen-bond donors (Lipinski definition) is 0. The van der Waals surface area contributed by atoms with E-state index in [4.69, 9.17) is 0 Å². The third-order valence-corrected chi connectivity index (χ3v) is 17.9. The molecule has 0 bridgehead atoms. The Morgan fingerprint density at radius 1 is 0.200 bits per heavy atom. The van der Waals surface area contributed by atoms with Crippen LogP contribution in [-0.2, 0) is 0 Å². The van der Waals surface area contributed by atoms with Crippen molar-refractivity contribution in [3.63, 3.8) is 0 Å². The predicted octanol–water partition coefficient (Wildman–Crippen LogP) is 15.0. The number of hydrogen-bond acceptors (Lipinski definition) is 2. The lowest BCUT2D eigenvalue weighted by Gasteiger charge is -2.29. The van der Waals surface area contributed by atoms with Crippen molar-refractivity contribution < 1.29 is 0 Å². The van der Waals surface area contributed by atoms with Gasteiger partial charge in [0.05, 0.1) is 0 Å². The van der Waals surface area contributed by atoms with E-state index in [1.165, 1.54) is 163 Å². The minimum atomic E-state index is -0.157. The minimum Gasteiger partial charge on any atom is -0.377 e. The highest BCUT2D eigenvalue weighted by atomic mass is 15.1. The zero-order chi connectivity index (χ0) is 53.3. The molecule has 0 saturated carbocycles. The summed E-state index contributed by atoms with van der Waals surface area (Å²) in [4.78, 5) is 4.70. The largest absolute Gasteiger partial charge is 0.377 e. The Bertz CT molecular complexity index is 4670. The fraction of sp³-hybridized carbons (Fsp3) is 0.0526. The van der Waals surface area contributed by atoms with Gasteiger partial charge in [-0.1, -0.05) is 275 Å². The maximum Gasteiger partial charge on any atom is 0.243 e. The maximum atomic E-state index is 2.54. The van der Waals surface area contributed by atoms with E-state index < -0.39 is 0 Å². The van der Waals surface area contributed by atoms with E-state index >= 15 is 0 Å². The van der Waals surface area contributed by atoms with Gasteiger partial charge in [0.2, 0.25) is 13.4 Å². The van der Waals surface area contributed by atoms with Crippen LogP contribution in [0.1, 0.15) is 0 Å². The Kier molecular flexibility index (Phi) is 10.4. The second-order valence-electron chi connectivity index (χ2n) is 22.6. The monoisotopic (exact) mass is 1020 g/mol. The Morgan fingerprint density at radius 3 is 0.675 bits per heavy atom. The minimum absolute atomic E-state index is 0.157. The third kappa shape index (κ3) is 6.88. The van der Waals surface area contributed by atoms with Crippen molar-refractivity contribution in [1.82, 2.24) is 0 Å². The molecule has 0 spiro atoms. The van der Waals surface area contributed by atoms with E-state index in [1.54, 1.807) is 0 Å². The van der Waals surface area contributed by atoms with Crippen molar-refractivity contribution in [3.8, 4) is 0 Å². The molecule has 0 saturated heterocycles. The lowest BCUT2D eigenvalue weighted by atomic mass is 9.34. The first-order valence-electron chi connectivity index (χ1n) is 28.1. The van der Waals surface area contributed by atoms with E-state index in [-0.39, 0.29) is 13.4 Å². The van der Waals surface area contributed by atoms with Gasteiger partial charge in [-0.2, -0.15) is 0 Å². The summed E-state index contributed by atoms with van der Waals surface area (Å²) in [5.41, 5.74) is 10.2.